The van der Waals surface area contributed by atoms with Gasteiger partial charge in [0.2, 0.25) is 0 Å². The summed E-state index contributed by atoms with van der Waals surface area (Å²) in [5.74, 6) is 0.569. The molecule has 1 atom stereocenters. The molecule has 0 bridgehead atoms. The number of methoxy groups -OCH3 is 1. The van der Waals surface area contributed by atoms with Crippen LogP contribution in [0.2, 0.25) is 5.02 Å². The van der Waals surface area contributed by atoms with Gasteiger partial charge in [-0.05, 0) is 42.3 Å². The Balaban J connectivity index is 2.44. The Kier molecular flexibility index (Phi) is 3.84. The summed E-state index contributed by atoms with van der Waals surface area (Å²) in [5, 5.41) is 11.0. The highest BCUT2D eigenvalue weighted by Gasteiger charge is 2.18. The lowest BCUT2D eigenvalue weighted by molar-refractivity contribution is 0.208. The molecule has 0 amide bonds. The molecule has 0 spiro atoms. The second-order valence-corrected chi connectivity index (χ2v) is 4.43. The second kappa shape index (κ2) is 5.38. The Hall–Kier alpha value is -1.58. The van der Waals surface area contributed by atoms with E-state index in [2.05, 4.69) is 4.98 Å². The van der Waals surface area contributed by atoms with Gasteiger partial charge in [-0.25, -0.2) is 0 Å². The first-order valence-corrected chi connectivity index (χ1v) is 5.94. The molecule has 1 N–H and O–H groups in total. The molecule has 1 aromatic carbocycles. The average Bonchev–Trinajstić information content (AvgIpc) is 2.38. The predicted octanol–water partition coefficient (Wildman–Crippen LogP) is 3.13. The van der Waals surface area contributed by atoms with E-state index < -0.39 is 6.10 Å². The van der Waals surface area contributed by atoms with Gasteiger partial charge in [0.15, 0.2) is 0 Å². The highest BCUT2D eigenvalue weighted by molar-refractivity contribution is 6.30. The van der Waals surface area contributed by atoms with E-state index in [1.54, 1.807) is 37.6 Å². The van der Waals surface area contributed by atoms with E-state index in [-0.39, 0.29) is 0 Å². The first kappa shape index (κ1) is 12.9. The molecule has 0 saturated heterocycles. The van der Waals surface area contributed by atoms with Crippen LogP contribution in [0.25, 0.3) is 0 Å². The van der Waals surface area contributed by atoms with Crippen molar-refractivity contribution in [3.63, 3.8) is 0 Å². The minimum absolute atomic E-state index is 0.505. The van der Waals surface area contributed by atoms with Crippen molar-refractivity contribution in [3.8, 4) is 5.75 Å². The van der Waals surface area contributed by atoms with Crippen molar-refractivity contribution in [2.75, 3.05) is 7.11 Å². The van der Waals surface area contributed by atoms with Crippen molar-refractivity contribution in [1.82, 2.24) is 4.98 Å². The molecule has 4 heteroatoms. The lowest BCUT2D eigenvalue weighted by atomic mass is 10.0. The molecule has 0 saturated carbocycles. The molecule has 1 heterocycles. The number of aromatic nitrogens is 1. The van der Waals surface area contributed by atoms with E-state index in [0.29, 0.717) is 16.5 Å². The number of aryl methyl sites for hydroxylation is 1. The van der Waals surface area contributed by atoms with Crippen molar-refractivity contribution in [3.05, 3.63) is 58.4 Å². The van der Waals surface area contributed by atoms with E-state index in [0.717, 1.165) is 11.1 Å². The number of aliphatic hydroxyl groups excluding tert-OH is 1. The maximum atomic E-state index is 10.4. The van der Waals surface area contributed by atoms with Gasteiger partial charge >= 0.3 is 0 Å². The van der Waals surface area contributed by atoms with Crippen LogP contribution >= 0.6 is 11.6 Å². The fourth-order valence-electron chi connectivity index (χ4n) is 1.87. The topological polar surface area (TPSA) is 42.4 Å². The maximum Gasteiger partial charge on any atom is 0.143 e. The van der Waals surface area contributed by atoms with Crippen LogP contribution in [0.1, 0.15) is 22.9 Å². The van der Waals surface area contributed by atoms with Crippen LogP contribution in [-0.2, 0) is 0 Å². The van der Waals surface area contributed by atoms with E-state index >= 15 is 0 Å². The Morgan fingerprint density at radius 2 is 2.11 bits per heavy atom. The number of pyridine rings is 1. The summed E-state index contributed by atoms with van der Waals surface area (Å²) in [6.07, 6.45) is 0.810. The van der Waals surface area contributed by atoms with Crippen LogP contribution in [0.5, 0.6) is 5.75 Å². The Labute approximate surface area is 111 Å². The number of halogens is 1. The molecule has 1 unspecified atom stereocenters. The first-order valence-electron chi connectivity index (χ1n) is 5.56. The molecular weight excluding hydrogens is 250 g/mol. The van der Waals surface area contributed by atoms with Crippen molar-refractivity contribution < 1.29 is 9.84 Å². The second-order valence-electron chi connectivity index (χ2n) is 3.99. The molecule has 18 heavy (non-hydrogen) atoms. The molecule has 94 valence electrons. The summed E-state index contributed by atoms with van der Waals surface area (Å²) in [6, 6.07) is 8.91. The quantitative estimate of drug-likeness (QED) is 0.925. The van der Waals surface area contributed by atoms with Crippen LogP contribution in [0.3, 0.4) is 0 Å². The number of rotatable bonds is 3. The summed E-state index contributed by atoms with van der Waals surface area (Å²) in [5.41, 5.74) is 2.20. The number of hydrogen-bond donors (Lipinski definition) is 1. The van der Waals surface area contributed by atoms with Gasteiger partial charge in [-0.2, -0.15) is 0 Å². The molecule has 0 radical (unpaired) electrons. The van der Waals surface area contributed by atoms with Gasteiger partial charge in [0, 0.05) is 11.2 Å². The largest absolute Gasteiger partial charge is 0.495 e. The molecule has 2 rings (SSSR count). The zero-order chi connectivity index (χ0) is 13.1. The first-order chi connectivity index (χ1) is 8.63. The third-order valence-electron chi connectivity index (χ3n) is 2.81. The summed E-state index contributed by atoms with van der Waals surface area (Å²) < 4.78 is 5.20. The zero-order valence-electron chi connectivity index (χ0n) is 10.2. The fraction of sp³-hybridized carbons (Fsp3) is 0.214. The maximum absolute atomic E-state index is 10.4. The predicted molar refractivity (Wildman–Crippen MR) is 71.0 cm³/mol. The monoisotopic (exact) mass is 263 g/mol. The molecule has 2 aromatic rings. The van der Waals surface area contributed by atoms with Gasteiger partial charge in [-0.3, -0.25) is 4.98 Å². The van der Waals surface area contributed by atoms with Crippen molar-refractivity contribution in [1.29, 1.82) is 0 Å². The third kappa shape index (κ3) is 2.47. The van der Waals surface area contributed by atoms with Gasteiger partial charge in [-0.1, -0.05) is 17.7 Å². The number of ether oxygens (including phenoxy) is 1. The van der Waals surface area contributed by atoms with Crippen LogP contribution in [0.4, 0.5) is 0 Å². The Bertz CT molecular complexity index is 557. The fourth-order valence-corrected chi connectivity index (χ4v) is 2.10. The minimum atomic E-state index is -0.821. The molecular formula is C14H14ClNO2. The standard InChI is InChI=1S/C14H14ClNO2/c1-9-8-10(15)5-6-11(9)14(17)13-12(18-2)4-3-7-16-13/h3-8,14,17H,1-2H3. The summed E-state index contributed by atoms with van der Waals surface area (Å²) >= 11 is 5.90. The van der Waals surface area contributed by atoms with Gasteiger partial charge in [-0.15, -0.1) is 0 Å². The van der Waals surface area contributed by atoms with Crippen LogP contribution in [0, 0.1) is 6.92 Å². The number of benzene rings is 1. The average molecular weight is 264 g/mol. The smallest absolute Gasteiger partial charge is 0.143 e. The SMILES string of the molecule is COc1cccnc1C(O)c1ccc(Cl)cc1C. The number of nitrogens with zero attached hydrogens (tertiary/aromatic N) is 1. The van der Waals surface area contributed by atoms with E-state index in [9.17, 15) is 5.11 Å². The number of hydrogen-bond acceptors (Lipinski definition) is 3. The summed E-state index contributed by atoms with van der Waals surface area (Å²) in [4.78, 5) is 4.18. The van der Waals surface area contributed by atoms with Crippen LogP contribution in [-0.4, -0.2) is 17.2 Å². The Morgan fingerprint density at radius 1 is 1.33 bits per heavy atom. The molecule has 1 aromatic heterocycles. The normalized spacial score (nSPS) is 12.2. The Morgan fingerprint density at radius 3 is 2.78 bits per heavy atom. The van der Waals surface area contributed by atoms with Crippen molar-refractivity contribution in [2.45, 2.75) is 13.0 Å². The molecule has 0 fully saturated rings. The highest BCUT2D eigenvalue weighted by Crippen LogP contribution is 2.30. The summed E-state index contributed by atoms with van der Waals surface area (Å²) in [6.45, 7) is 1.90. The molecule has 3 nitrogen and oxygen atoms in total. The lowest BCUT2D eigenvalue weighted by Gasteiger charge is -2.16. The number of aliphatic hydroxyl groups is 1. The molecule has 0 aliphatic rings. The van der Waals surface area contributed by atoms with E-state index in [1.807, 2.05) is 13.0 Å². The van der Waals surface area contributed by atoms with Gasteiger partial charge in [0.1, 0.15) is 17.5 Å². The summed E-state index contributed by atoms with van der Waals surface area (Å²) in [7, 11) is 1.56. The molecule has 0 aliphatic carbocycles. The third-order valence-corrected chi connectivity index (χ3v) is 3.04. The van der Waals surface area contributed by atoms with Crippen LogP contribution < -0.4 is 4.74 Å². The van der Waals surface area contributed by atoms with E-state index in [1.165, 1.54) is 0 Å². The van der Waals surface area contributed by atoms with Gasteiger partial charge in [0.25, 0.3) is 0 Å². The van der Waals surface area contributed by atoms with Gasteiger partial charge in [0.05, 0.1) is 7.11 Å². The lowest BCUT2D eigenvalue weighted by Crippen LogP contribution is -2.06. The van der Waals surface area contributed by atoms with Gasteiger partial charge < -0.3 is 9.84 Å². The van der Waals surface area contributed by atoms with Crippen molar-refractivity contribution >= 4 is 11.6 Å². The molecule has 0 aliphatic heterocycles. The highest BCUT2D eigenvalue weighted by atomic mass is 35.5. The zero-order valence-corrected chi connectivity index (χ0v) is 11.0. The van der Waals surface area contributed by atoms with Crippen molar-refractivity contribution in [2.24, 2.45) is 0 Å². The van der Waals surface area contributed by atoms with Crippen LogP contribution in [0.15, 0.2) is 36.5 Å². The minimum Gasteiger partial charge on any atom is -0.495 e. The van der Waals surface area contributed by atoms with E-state index in [4.69, 9.17) is 16.3 Å².